The summed E-state index contributed by atoms with van der Waals surface area (Å²) in [5.74, 6) is 0.309. The Labute approximate surface area is 256 Å². The summed E-state index contributed by atoms with van der Waals surface area (Å²) in [6.45, 7) is 5.25. The van der Waals surface area contributed by atoms with E-state index in [1.165, 1.54) is 11.4 Å². The molecule has 3 aromatic rings. The highest BCUT2D eigenvalue weighted by Gasteiger charge is 2.34. The number of methoxy groups -OCH3 is 1. The van der Waals surface area contributed by atoms with Gasteiger partial charge in [-0.1, -0.05) is 23.4 Å². The van der Waals surface area contributed by atoms with Gasteiger partial charge < -0.3 is 18.4 Å². The predicted octanol–water partition coefficient (Wildman–Crippen LogP) is 2.99. The monoisotopic (exact) mass is 620 g/mol. The summed E-state index contributed by atoms with van der Waals surface area (Å²) in [5.41, 5.74) is 6.16. The molecule has 3 aliphatic rings. The number of ether oxygens (including phenoxy) is 3. The fourth-order valence-corrected chi connectivity index (χ4v) is 7.06. The smallest absolute Gasteiger partial charge is 0.385 e. The third-order valence-electron chi connectivity index (χ3n) is 8.47. The van der Waals surface area contributed by atoms with Gasteiger partial charge in [0.05, 0.1) is 26.7 Å². The number of carbonyl (C=O) groups excluding carboxylic acids is 1. The number of esters is 1. The van der Waals surface area contributed by atoms with Gasteiger partial charge in [0.15, 0.2) is 0 Å². The Balaban J connectivity index is 1.45. The van der Waals surface area contributed by atoms with Crippen molar-refractivity contribution in [3.05, 3.63) is 74.4 Å². The van der Waals surface area contributed by atoms with E-state index in [4.69, 9.17) is 18.4 Å². The average molecular weight is 621 g/mol. The SMILES string of the molecule is COC(=O)CC1C2=Cc3cc(C)c(cc31)CN1Cc3cc(ccc3OS1(=O)=O)OCCCCCO/C=c1\c(nnn1C)=C/2C. The van der Waals surface area contributed by atoms with Gasteiger partial charge in [0.2, 0.25) is 0 Å². The number of carbonyl (C=O) groups is 1. The minimum atomic E-state index is -4.03. The number of nitrogens with zero attached hydrogens (tertiary/aromatic N) is 4. The van der Waals surface area contributed by atoms with E-state index >= 15 is 0 Å². The number of fused-ring (bicyclic) bond motifs is 5. The summed E-state index contributed by atoms with van der Waals surface area (Å²) in [6, 6.07) is 9.26. The van der Waals surface area contributed by atoms with Gasteiger partial charge in [-0.25, -0.2) is 4.68 Å². The number of aryl methyl sites for hydroxylation is 2. The van der Waals surface area contributed by atoms with E-state index in [9.17, 15) is 13.2 Å². The molecule has 11 nitrogen and oxygen atoms in total. The first kappa shape index (κ1) is 29.9. The molecule has 2 atom stereocenters. The maximum absolute atomic E-state index is 13.2. The molecule has 44 heavy (non-hydrogen) atoms. The van der Waals surface area contributed by atoms with Crippen molar-refractivity contribution in [3.8, 4) is 11.5 Å². The number of benzene rings is 2. The van der Waals surface area contributed by atoms with E-state index in [-0.39, 0.29) is 31.4 Å². The summed E-state index contributed by atoms with van der Waals surface area (Å²) in [6.07, 6.45) is 6.48. The molecule has 2 aromatic carbocycles. The molecule has 12 heteroatoms. The van der Waals surface area contributed by atoms with E-state index in [1.54, 1.807) is 23.1 Å². The first-order valence-electron chi connectivity index (χ1n) is 14.7. The van der Waals surface area contributed by atoms with Gasteiger partial charge in [0.25, 0.3) is 0 Å². The first-order chi connectivity index (χ1) is 21.1. The molecule has 0 saturated carbocycles. The van der Waals surface area contributed by atoms with Crippen LogP contribution < -0.4 is 19.6 Å². The average Bonchev–Trinajstić information content (AvgIpc) is 3.53. The second kappa shape index (κ2) is 12.1. The van der Waals surface area contributed by atoms with Crippen LogP contribution in [-0.2, 0) is 44.7 Å². The molecule has 1 aliphatic carbocycles. The molecule has 2 unspecified atom stereocenters. The molecule has 0 N–H and O–H groups in total. The van der Waals surface area contributed by atoms with E-state index in [0.29, 0.717) is 30.1 Å². The van der Waals surface area contributed by atoms with Gasteiger partial charge in [-0.15, -0.1) is 5.10 Å². The standard InChI is InChI=1S/C32H36N4O7S/c1-20-12-22-14-26-21(2)32-29(35(3)34-33-32)19-41-10-6-5-7-11-42-25-8-9-30-24(13-25)18-36(44(38,39)43-30)17-23(20)15-27(22)28(26)16-31(37)40-4/h8-9,12-15,19,28H,5-7,10-11,16-18H2,1-4H3/b29-19+,32-21+. The Kier molecular flexibility index (Phi) is 8.21. The first-order valence-corrected chi connectivity index (χ1v) is 16.1. The van der Waals surface area contributed by atoms with Crippen molar-refractivity contribution in [2.75, 3.05) is 20.3 Å². The summed E-state index contributed by atoms with van der Waals surface area (Å²) in [4.78, 5) is 12.7. The number of allylic oxidation sites excluding steroid dienone is 1. The van der Waals surface area contributed by atoms with Crippen molar-refractivity contribution in [2.24, 2.45) is 7.05 Å². The number of rotatable bonds is 2. The molecule has 6 bridgehead atoms. The normalized spacial score (nSPS) is 23.0. The van der Waals surface area contributed by atoms with Crippen LogP contribution in [0.15, 0.2) is 35.9 Å². The van der Waals surface area contributed by atoms with Crippen LogP contribution in [0.25, 0.3) is 17.9 Å². The van der Waals surface area contributed by atoms with Crippen LogP contribution in [0.3, 0.4) is 0 Å². The van der Waals surface area contributed by atoms with Gasteiger partial charge >= 0.3 is 16.3 Å². The van der Waals surface area contributed by atoms with Gasteiger partial charge in [-0.3, -0.25) is 4.79 Å². The second-order valence-corrected chi connectivity index (χ2v) is 12.9. The predicted molar refractivity (Wildman–Crippen MR) is 163 cm³/mol. The molecule has 3 heterocycles. The zero-order chi connectivity index (χ0) is 31.0. The van der Waals surface area contributed by atoms with Crippen LogP contribution in [0.4, 0.5) is 0 Å². The van der Waals surface area contributed by atoms with Crippen LogP contribution in [-0.4, -0.2) is 54.0 Å². The van der Waals surface area contributed by atoms with E-state index in [2.05, 4.69) is 16.4 Å². The molecular weight excluding hydrogens is 584 g/mol. The van der Waals surface area contributed by atoms with Crippen molar-refractivity contribution in [3.63, 3.8) is 0 Å². The van der Waals surface area contributed by atoms with Crippen molar-refractivity contribution in [1.82, 2.24) is 19.3 Å². The number of aromatic nitrogens is 3. The maximum atomic E-state index is 13.2. The van der Waals surface area contributed by atoms with Crippen LogP contribution in [0.2, 0.25) is 0 Å². The van der Waals surface area contributed by atoms with Crippen LogP contribution in [0.5, 0.6) is 11.5 Å². The molecule has 0 fully saturated rings. The van der Waals surface area contributed by atoms with Gasteiger partial charge in [-0.2, -0.15) is 12.7 Å². The van der Waals surface area contributed by atoms with E-state index in [1.807, 2.05) is 39.1 Å². The van der Waals surface area contributed by atoms with Crippen LogP contribution in [0, 0.1) is 6.92 Å². The summed E-state index contributed by atoms with van der Waals surface area (Å²) < 4.78 is 51.9. The molecule has 2 aliphatic heterocycles. The highest BCUT2D eigenvalue weighted by molar-refractivity contribution is 7.84. The molecule has 0 radical (unpaired) electrons. The van der Waals surface area contributed by atoms with Gasteiger partial charge in [-0.05, 0) is 84.7 Å². The quantitative estimate of drug-likeness (QED) is 0.398. The Bertz CT molecular complexity index is 1880. The lowest BCUT2D eigenvalue weighted by Gasteiger charge is -2.29. The molecule has 6 rings (SSSR count). The lowest BCUT2D eigenvalue weighted by atomic mass is 9.87. The Morgan fingerprint density at radius 3 is 2.68 bits per heavy atom. The van der Waals surface area contributed by atoms with Gasteiger partial charge in [0, 0.05) is 31.6 Å². The highest BCUT2D eigenvalue weighted by atomic mass is 32.2. The summed E-state index contributed by atoms with van der Waals surface area (Å²) in [5, 5.41) is 10.1. The van der Waals surface area contributed by atoms with Crippen LogP contribution >= 0.6 is 0 Å². The fraction of sp³-hybridized carbons (Fsp3) is 0.406. The zero-order valence-corrected chi connectivity index (χ0v) is 26.1. The Morgan fingerprint density at radius 1 is 1.07 bits per heavy atom. The molecule has 0 saturated heterocycles. The molecule has 232 valence electrons. The van der Waals surface area contributed by atoms with Crippen molar-refractivity contribution in [1.29, 1.82) is 0 Å². The zero-order valence-electron chi connectivity index (χ0n) is 25.3. The summed E-state index contributed by atoms with van der Waals surface area (Å²) >= 11 is 0. The molecule has 0 amide bonds. The molecule has 1 aromatic heterocycles. The summed E-state index contributed by atoms with van der Waals surface area (Å²) in [7, 11) is -0.840. The van der Waals surface area contributed by atoms with E-state index < -0.39 is 10.3 Å². The third-order valence-corrected chi connectivity index (χ3v) is 9.75. The largest absolute Gasteiger partial charge is 0.499 e. The fourth-order valence-electron chi connectivity index (χ4n) is 5.97. The van der Waals surface area contributed by atoms with Gasteiger partial charge in [0.1, 0.15) is 28.5 Å². The maximum Gasteiger partial charge on any atom is 0.385 e. The molecular formula is C32H36N4O7S. The molecule has 0 spiro atoms. The third kappa shape index (κ3) is 5.83. The Hall–Kier alpha value is -4.16. The van der Waals surface area contributed by atoms with Crippen LogP contribution in [0.1, 0.15) is 66.3 Å². The van der Waals surface area contributed by atoms with Crippen molar-refractivity contribution >= 4 is 34.2 Å². The Morgan fingerprint density at radius 2 is 1.86 bits per heavy atom. The second-order valence-electron chi connectivity index (χ2n) is 11.4. The van der Waals surface area contributed by atoms with E-state index in [0.717, 1.165) is 63.6 Å². The number of hydrogen-bond acceptors (Lipinski definition) is 9. The lowest BCUT2D eigenvalue weighted by molar-refractivity contribution is -0.140. The lowest BCUT2D eigenvalue weighted by Crippen LogP contribution is -2.37. The van der Waals surface area contributed by atoms with Crippen molar-refractivity contribution < 1.29 is 31.6 Å². The minimum Gasteiger partial charge on any atom is -0.499 e. The van der Waals surface area contributed by atoms with Crippen molar-refractivity contribution in [2.45, 2.75) is 58.5 Å². The minimum absolute atomic E-state index is 0.107. The highest BCUT2D eigenvalue weighted by Crippen LogP contribution is 2.44. The topological polar surface area (TPSA) is 122 Å². The number of hydrogen-bond donors (Lipinski definition) is 0.